The van der Waals surface area contributed by atoms with Crippen LogP contribution in [0.2, 0.25) is 5.02 Å². The molecule has 0 bridgehead atoms. The van der Waals surface area contributed by atoms with Gasteiger partial charge in [0.15, 0.2) is 5.75 Å². The third-order valence-corrected chi connectivity index (χ3v) is 6.23. The third-order valence-electron chi connectivity index (χ3n) is 5.42. The average Bonchev–Trinajstić information content (AvgIpc) is 2.70. The molecule has 3 aromatic rings. The van der Waals surface area contributed by atoms with E-state index in [2.05, 4.69) is 25.6 Å². The summed E-state index contributed by atoms with van der Waals surface area (Å²) in [4.78, 5) is 24.6. The number of aromatic nitrogens is 1. The highest BCUT2D eigenvalue weighted by atomic mass is 79.9. The molecule has 0 saturated carbocycles. The molecule has 0 aliphatic rings. The number of aryl methyl sites for hydroxylation is 1. The monoisotopic (exact) mass is 562 g/mol. The third kappa shape index (κ3) is 4.64. The van der Waals surface area contributed by atoms with Gasteiger partial charge in [-0.25, -0.2) is 9.59 Å². The lowest BCUT2D eigenvalue weighted by Crippen LogP contribution is -2.56. The quantitative estimate of drug-likeness (QED) is 0.253. The number of ether oxygens (including phenoxy) is 1. The van der Waals surface area contributed by atoms with Crippen molar-refractivity contribution in [2.24, 2.45) is 0 Å². The fourth-order valence-electron chi connectivity index (χ4n) is 3.70. The predicted molar refractivity (Wildman–Crippen MR) is 123 cm³/mol. The summed E-state index contributed by atoms with van der Waals surface area (Å²) in [5, 5.41) is 14.4. The molecule has 0 saturated heterocycles. The zero-order valence-corrected chi connectivity index (χ0v) is 20.4. The van der Waals surface area contributed by atoms with Crippen molar-refractivity contribution in [3.63, 3.8) is 0 Å². The van der Waals surface area contributed by atoms with Crippen LogP contribution >= 0.6 is 27.5 Å². The fraction of sp³-hybridized carbons (Fsp3) is 0.318. The molecule has 0 radical (unpaired) electrons. The summed E-state index contributed by atoms with van der Waals surface area (Å²) in [6, 6.07) is 6.78. The number of nitrogen functional groups attached to an aromatic ring is 1. The van der Waals surface area contributed by atoms with Gasteiger partial charge in [0.05, 0.1) is 16.8 Å². The number of anilines is 1. The number of rotatable bonds is 5. The summed E-state index contributed by atoms with van der Waals surface area (Å²) in [6.07, 6.45) is -6.49. The number of hydrogen-bond donors (Lipinski definition) is 2. The molecule has 0 amide bonds. The maximum Gasteiger partial charge on any atom is 0.428 e. The Hall–Kier alpha value is -2.63. The number of carbonyl (C=O) groups excluding carboxylic acids is 1. The van der Waals surface area contributed by atoms with Gasteiger partial charge in [0.25, 0.3) is 5.60 Å². The zero-order valence-electron chi connectivity index (χ0n) is 18.1. The normalized spacial score (nSPS) is 14.1. The summed E-state index contributed by atoms with van der Waals surface area (Å²) < 4.78 is 52.3. The molecule has 34 heavy (non-hydrogen) atoms. The van der Waals surface area contributed by atoms with Gasteiger partial charge in [-0.2, -0.15) is 13.2 Å². The maximum atomic E-state index is 14.1. The lowest BCUT2D eigenvalue weighted by atomic mass is 9.75. The number of nitrogens with zero attached hydrogens (tertiary/aromatic N) is 1. The molecule has 182 valence electrons. The summed E-state index contributed by atoms with van der Waals surface area (Å²) >= 11 is 9.43. The molecular weight excluding hydrogens is 545 g/mol. The molecule has 1 aromatic heterocycles. The van der Waals surface area contributed by atoms with E-state index in [4.69, 9.17) is 22.1 Å². The van der Waals surface area contributed by atoms with E-state index >= 15 is 0 Å². The van der Waals surface area contributed by atoms with Crippen LogP contribution in [-0.2, 0) is 10.2 Å². The second-order valence-corrected chi connectivity index (χ2v) is 9.71. The van der Waals surface area contributed by atoms with Crippen molar-refractivity contribution in [3.8, 4) is 5.75 Å². The SMILES string of the molecule is Cc1noc(=O)c2ccc(OC(=O)C(O)(CC(C)(C)c3ccc(Br)cc3Cl)C(F)(F)F)c(N)c12. The van der Waals surface area contributed by atoms with E-state index < -0.39 is 41.0 Å². The summed E-state index contributed by atoms with van der Waals surface area (Å²) in [6.45, 7) is 4.26. The first-order chi connectivity index (χ1) is 15.6. The number of hydrogen-bond acceptors (Lipinski definition) is 7. The minimum Gasteiger partial charge on any atom is -0.422 e. The molecule has 7 nitrogen and oxygen atoms in total. The van der Waals surface area contributed by atoms with E-state index in [9.17, 15) is 27.9 Å². The number of halogens is 5. The van der Waals surface area contributed by atoms with Gasteiger partial charge in [0, 0.05) is 21.3 Å². The Labute approximate surface area is 204 Å². The first-order valence-electron chi connectivity index (χ1n) is 9.74. The van der Waals surface area contributed by atoms with Crippen LogP contribution < -0.4 is 16.1 Å². The number of benzene rings is 2. The van der Waals surface area contributed by atoms with Gasteiger partial charge in [0.1, 0.15) is 0 Å². The van der Waals surface area contributed by atoms with Crippen LogP contribution in [0.5, 0.6) is 5.75 Å². The number of nitrogens with two attached hydrogens (primary N) is 1. The van der Waals surface area contributed by atoms with Crippen LogP contribution in [0.3, 0.4) is 0 Å². The van der Waals surface area contributed by atoms with Gasteiger partial charge < -0.3 is 20.1 Å². The van der Waals surface area contributed by atoms with Gasteiger partial charge in [0.2, 0.25) is 0 Å². The number of carbonyl (C=O) groups is 1. The van der Waals surface area contributed by atoms with Gasteiger partial charge in [-0.15, -0.1) is 0 Å². The minimum absolute atomic E-state index is 0.00176. The molecule has 0 spiro atoms. The van der Waals surface area contributed by atoms with Crippen LogP contribution in [0.4, 0.5) is 18.9 Å². The van der Waals surface area contributed by atoms with E-state index in [1.54, 1.807) is 6.07 Å². The van der Waals surface area contributed by atoms with Crippen LogP contribution in [0.1, 0.15) is 31.5 Å². The molecule has 0 aliphatic carbocycles. The lowest BCUT2D eigenvalue weighted by Gasteiger charge is -2.36. The number of aliphatic hydroxyl groups is 1. The molecule has 0 fully saturated rings. The van der Waals surface area contributed by atoms with Gasteiger partial charge in [-0.1, -0.05) is 52.6 Å². The standard InChI is InChI=1S/C22H19BrClF3N2O5/c1-10-16-12(18(30)34-29-10)5-7-15(17(16)28)33-19(31)21(32,22(25,26)27)9-20(2,3)13-6-4-11(23)8-14(13)24/h4-8,32H,9,28H2,1-3H3. The number of esters is 1. The largest absolute Gasteiger partial charge is 0.428 e. The van der Waals surface area contributed by atoms with Crippen LogP contribution in [0, 0.1) is 6.92 Å². The molecule has 1 atom stereocenters. The van der Waals surface area contributed by atoms with Gasteiger partial charge >= 0.3 is 17.8 Å². The van der Waals surface area contributed by atoms with Crippen LogP contribution in [0.25, 0.3) is 10.8 Å². The van der Waals surface area contributed by atoms with Crippen LogP contribution in [-0.4, -0.2) is 28.0 Å². The highest BCUT2D eigenvalue weighted by molar-refractivity contribution is 9.10. The van der Waals surface area contributed by atoms with E-state index in [-0.39, 0.29) is 32.7 Å². The molecule has 1 heterocycles. The summed E-state index contributed by atoms with van der Waals surface area (Å²) in [5.41, 5.74) is -0.0460. The Kier molecular flexibility index (Phi) is 6.77. The minimum atomic E-state index is -5.40. The smallest absolute Gasteiger partial charge is 0.422 e. The second kappa shape index (κ2) is 8.86. The topological polar surface area (TPSA) is 116 Å². The van der Waals surface area contributed by atoms with Crippen LogP contribution in [0.15, 0.2) is 44.1 Å². The molecular formula is C22H19BrClF3N2O5. The van der Waals surface area contributed by atoms with E-state index in [1.807, 2.05) is 0 Å². The fourth-order valence-corrected chi connectivity index (χ4v) is 4.63. The summed E-state index contributed by atoms with van der Waals surface area (Å²) in [7, 11) is 0. The van der Waals surface area contributed by atoms with Crippen molar-refractivity contribution in [1.82, 2.24) is 5.16 Å². The van der Waals surface area contributed by atoms with E-state index in [0.717, 1.165) is 6.07 Å². The summed E-state index contributed by atoms with van der Waals surface area (Å²) in [5.74, 6) is -2.46. The molecule has 2 aromatic carbocycles. The highest BCUT2D eigenvalue weighted by Gasteiger charge is 2.63. The molecule has 3 rings (SSSR count). The molecule has 12 heteroatoms. The predicted octanol–water partition coefficient (Wildman–Crippen LogP) is 5.06. The molecule has 0 aliphatic heterocycles. The Bertz CT molecular complexity index is 1340. The van der Waals surface area contributed by atoms with Crippen molar-refractivity contribution < 1.29 is 32.3 Å². The number of alkyl halides is 3. The number of fused-ring (bicyclic) bond motifs is 1. The maximum absolute atomic E-state index is 14.1. The Balaban J connectivity index is 2.03. The highest BCUT2D eigenvalue weighted by Crippen LogP contribution is 2.44. The van der Waals surface area contributed by atoms with Crippen molar-refractivity contribution in [2.75, 3.05) is 5.73 Å². The van der Waals surface area contributed by atoms with E-state index in [1.165, 1.54) is 39.0 Å². The molecule has 1 unspecified atom stereocenters. The lowest BCUT2D eigenvalue weighted by molar-refractivity contribution is -0.264. The second-order valence-electron chi connectivity index (χ2n) is 8.39. The Morgan fingerprint density at radius 3 is 2.50 bits per heavy atom. The van der Waals surface area contributed by atoms with Crippen molar-refractivity contribution >= 4 is 50.0 Å². The van der Waals surface area contributed by atoms with E-state index in [0.29, 0.717) is 4.47 Å². The Morgan fingerprint density at radius 1 is 1.26 bits per heavy atom. The first-order valence-corrected chi connectivity index (χ1v) is 10.9. The van der Waals surface area contributed by atoms with Gasteiger partial charge in [-0.3, -0.25) is 0 Å². The van der Waals surface area contributed by atoms with Crippen molar-refractivity contribution in [1.29, 1.82) is 0 Å². The van der Waals surface area contributed by atoms with Crippen molar-refractivity contribution in [2.45, 2.75) is 44.4 Å². The Morgan fingerprint density at radius 2 is 1.91 bits per heavy atom. The first kappa shape index (κ1) is 26.0. The molecule has 3 N–H and O–H groups in total. The zero-order chi connectivity index (χ0) is 25.6. The van der Waals surface area contributed by atoms with Crippen molar-refractivity contribution in [3.05, 3.63) is 61.5 Å². The van der Waals surface area contributed by atoms with Gasteiger partial charge in [-0.05, 0) is 42.2 Å². The average molecular weight is 564 g/mol.